The summed E-state index contributed by atoms with van der Waals surface area (Å²) in [6.45, 7) is 3.72. The van der Waals surface area contributed by atoms with Crippen molar-refractivity contribution in [1.29, 1.82) is 0 Å². The van der Waals surface area contributed by atoms with Gasteiger partial charge in [0.2, 0.25) is 11.9 Å². The van der Waals surface area contributed by atoms with Crippen LogP contribution in [0.15, 0.2) is 24.3 Å². The van der Waals surface area contributed by atoms with Gasteiger partial charge in [0.1, 0.15) is 11.6 Å². The summed E-state index contributed by atoms with van der Waals surface area (Å²) in [5, 5.41) is 6.78. The van der Waals surface area contributed by atoms with E-state index in [1.165, 1.54) is 4.68 Å². The first-order chi connectivity index (χ1) is 11.5. The first-order valence-electron chi connectivity index (χ1n) is 7.70. The number of anilines is 2. The van der Waals surface area contributed by atoms with Gasteiger partial charge in [-0.05, 0) is 26.0 Å². The largest absolute Gasteiger partial charge is 0.479 e. The lowest BCUT2D eigenvalue weighted by atomic mass is 10.1. The van der Waals surface area contributed by atoms with E-state index >= 15 is 0 Å². The fraction of sp³-hybridized carbons (Fsp3) is 0.375. The fourth-order valence-electron chi connectivity index (χ4n) is 2.61. The van der Waals surface area contributed by atoms with Crippen LogP contribution in [0.3, 0.4) is 0 Å². The van der Waals surface area contributed by atoms with Crippen LogP contribution in [0.1, 0.15) is 19.2 Å². The third kappa shape index (κ3) is 3.08. The molecule has 0 spiro atoms. The number of benzene rings is 1. The zero-order valence-electron chi connectivity index (χ0n) is 13.8. The van der Waals surface area contributed by atoms with E-state index < -0.39 is 6.10 Å². The van der Waals surface area contributed by atoms with Crippen molar-refractivity contribution in [2.75, 3.05) is 16.8 Å². The van der Waals surface area contributed by atoms with Crippen molar-refractivity contribution in [2.45, 2.75) is 26.4 Å². The Labute approximate surface area is 139 Å². The lowest BCUT2D eigenvalue weighted by molar-refractivity contribution is -0.125. The highest BCUT2D eigenvalue weighted by molar-refractivity contribution is 6.00. The maximum Gasteiger partial charge on any atom is 0.267 e. The van der Waals surface area contributed by atoms with Gasteiger partial charge in [-0.25, -0.2) is 4.68 Å². The van der Waals surface area contributed by atoms with Gasteiger partial charge in [-0.3, -0.25) is 14.9 Å². The third-order valence-electron chi connectivity index (χ3n) is 3.76. The van der Waals surface area contributed by atoms with Gasteiger partial charge in [-0.1, -0.05) is 12.1 Å². The molecule has 0 radical (unpaired) electrons. The SMILES string of the molecule is Cc1nc(NC(=O)CCN2C(=O)C(C)Oc3ccccc32)n(C)n1. The quantitative estimate of drug-likeness (QED) is 0.912. The molecule has 1 unspecified atom stereocenters. The Morgan fingerprint density at radius 1 is 1.38 bits per heavy atom. The van der Waals surface area contributed by atoms with E-state index in [1.807, 2.05) is 24.3 Å². The third-order valence-corrected chi connectivity index (χ3v) is 3.76. The molecule has 1 aromatic heterocycles. The molecule has 24 heavy (non-hydrogen) atoms. The highest BCUT2D eigenvalue weighted by atomic mass is 16.5. The standard InChI is InChI=1S/C16H19N5O3/c1-10-15(23)21(12-6-4-5-7-13(12)24-10)9-8-14(22)18-16-17-11(2)19-20(16)3/h4-7,10H,8-9H2,1-3H3,(H,17,18,19,22). The lowest BCUT2D eigenvalue weighted by Gasteiger charge is -2.32. The number of nitrogens with zero attached hydrogens (tertiary/aromatic N) is 4. The second kappa shape index (κ2) is 6.31. The van der Waals surface area contributed by atoms with E-state index in [0.717, 1.165) is 0 Å². The van der Waals surface area contributed by atoms with E-state index in [1.54, 1.807) is 25.8 Å². The molecule has 1 aliphatic rings. The number of aromatic nitrogens is 3. The highest BCUT2D eigenvalue weighted by Crippen LogP contribution is 2.33. The summed E-state index contributed by atoms with van der Waals surface area (Å²) in [7, 11) is 1.71. The molecule has 2 aromatic rings. The molecule has 8 heteroatoms. The van der Waals surface area contributed by atoms with Crippen LogP contribution in [0, 0.1) is 6.92 Å². The van der Waals surface area contributed by atoms with Gasteiger partial charge in [0.15, 0.2) is 6.10 Å². The Kier molecular flexibility index (Phi) is 4.20. The van der Waals surface area contributed by atoms with Crippen molar-refractivity contribution in [3.05, 3.63) is 30.1 Å². The van der Waals surface area contributed by atoms with Crippen molar-refractivity contribution in [3.63, 3.8) is 0 Å². The highest BCUT2D eigenvalue weighted by Gasteiger charge is 2.31. The number of hydrogen-bond donors (Lipinski definition) is 1. The number of amides is 2. The number of aryl methyl sites for hydroxylation is 2. The molecule has 0 bridgehead atoms. The van der Waals surface area contributed by atoms with Crippen LogP contribution in [-0.2, 0) is 16.6 Å². The van der Waals surface area contributed by atoms with Gasteiger partial charge in [0.05, 0.1) is 5.69 Å². The molecule has 1 atom stereocenters. The number of para-hydroxylation sites is 2. The summed E-state index contributed by atoms with van der Waals surface area (Å²) >= 11 is 0. The summed E-state index contributed by atoms with van der Waals surface area (Å²) in [6.07, 6.45) is -0.414. The number of fused-ring (bicyclic) bond motifs is 1. The van der Waals surface area contributed by atoms with Crippen LogP contribution in [-0.4, -0.2) is 39.2 Å². The molecular weight excluding hydrogens is 310 g/mol. The van der Waals surface area contributed by atoms with Gasteiger partial charge >= 0.3 is 0 Å². The topological polar surface area (TPSA) is 89.4 Å². The van der Waals surface area contributed by atoms with Crippen molar-refractivity contribution in [2.24, 2.45) is 7.05 Å². The fourth-order valence-corrected chi connectivity index (χ4v) is 2.61. The molecule has 1 aliphatic heterocycles. The molecule has 126 valence electrons. The van der Waals surface area contributed by atoms with Crippen LogP contribution in [0.5, 0.6) is 5.75 Å². The number of rotatable bonds is 4. The van der Waals surface area contributed by atoms with Crippen molar-refractivity contribution < 1.29 is 14.3 Å². The molecule has 8 nitrogen and oxygen atoms in total. The van der Waals surface area contributed by atoms with Gasteiger partial charge in [-0.15, -0.1) is 0 Å². The first-order valence-corrected chi connectivity index (χ1v) is 7.70. The van der Waals surface area contributed by atoms with Crippen LogP contribution in [0.25, 0.3) is 0 Å². The lowest BCUT2D eigenvalue weighted by Crippen LogP contribution is -2.45. The minimum Gasteiger partial charge on any atom is -0.479 e. The smallest absolute Gasteiger partial charge is 0.267 e. The van der Waals surface area contributed by atoms with E-state index in [4.69, 9.17) is 4.74 Å². The number of carbonyl (C=O) groups is 2. The molecular formula is C16H19N5O3. The Balaban J connectivity index is 1.68. The van der Waals surface area contributed by atoms with Gasteiger partial charge in [-0.2, -0.15) is 10.1 Å². The minimum absolute atomic E-state index is 0.151. The Morgan fingerprint density at radius 3 is 2.83 bits per heavy atom. The van der Waals surface area contributed by atoms with Crippen LogP contribution >= 0.6 is 0 Å². The van der Waals surface area contributed by atoms with E-state index in [-0.39, 0.29) is 24.8 Å². The van der Waals surface area contributed by atoms with Crippen molar-refractivity contribution in [1.82, 2.24) is 14.8 Å². The summed E-state index contributed by atoms with van der Waals surface area (Å²) in [6, 6.07) is 7.31. The summed E-state index contributed by atoms with van der Waals surface area (Å²) in [5.41, 5.74) is 0.683. The van der Waals surface area contributed by atoms with Crippen LogP contribution in [0.2, 0.25) is 0 Å². The number of ether oxygens (including phenoxy) is 1. The second-order valence-corrected chi connectivity index (χ2v) is 5.62. The van der Waals surface area contributed by atoms with Gasteiger partial charge in [0.25, 0.3) is 5.91 Å². The maximum absolute atomic E-state index is 12.4. The zero-order chi connectivity index (χ0) is 17.3. The van der Waals surface area contributed by atoms with E-state index in [9.17, 15) is 9.59 Å². The minimum atomic E-state index is -0.565. The molecule has 2 heterocycles. The maximum atomic E-state index is 12.4. The van der Waals surface area contributed by atoms with Gasteiger partial charge in [0, 0.05) is 20.0 Å². The average Bonchev–Trinajstić information content (AvgIpc) is 2.85. The van der Waals surface area contributed by atoms with E-state index in [2.05, 4.69) is 15.4 Å². The number of hydrogen-bond acceptors (Lipinski definition) is 5. The molecule has 0 saturated carbocycles. The predicted molar refractivity (Wildman–Crippen MR) is 87.9 cm³/mol. The number of carbonyl (C=O) groups excluding carboxylic acids is 2. The molecule has 0 aliphatic carbocycles. The molecule has 1 aromatic carbocycles. The molecule has 3 rings (SSSR count). The zero-order valence-corrected chi connectivity index (χ0v) is 13.8. The average molecular weight is 329 g/mol. The van der Waals surface area contributed by atoms with Gasteiger partial charge < -0.3 is 9.64 Å². The summed E-state index contributed by atoms with van der Waals surface area (Å²) in [5.74, 6) is 1.23. The molecule has 0 saturated heterocycles. The Morgan fingerprint density at radius 2 is 2.12 bits per heavy atom. The first kappa shape index (κ1) is 16.0. The predicted octanol–water partition coefficient (Wildman–Crippen LogP) is 1.27. The Bertz CT molecular complexity index is 786. The summed E-state index contributed by atoms with van der Waals surface area (Å²) < 4.78 is 7.09. The molecule has 0 fully saturated rings. The van der Waals surface area contributed by atoms with Crippen LogP contribution in [0.4, 0.5) is 11.6 Å². The van der Waals surface area contributed by atoms with Crippen molar-refractivity contribution in [3.8, 4) is 5.75 Å². The van der Waals surface area contributed by atoms with Crippen LogP contribution < -0.4 is 15.0 Å². The normalized spacial score (nSPS) is 16.5. The summed E-state index contributed by atoms with van der Waals surface area (Å²) in [4.78, 5) is 30.2. The van der Waals surface area contributed by atoms with Crippen molar-refractivity contribution >= 4 is 23.5 Å². The molecule has 2 amide bonds. The second-order valence-electron chi connectivity index (χ2n) is 5.62. The Hall–Kier alpha value is -2.90. The molecule has 1 N–H and O–H groups in total. The monoisotopic (exact) mass is 329 g/mol. The number of nitrogens with one attached hydrogen (secondary N) is 1. The van der Waals surface area contributed by atoms with E-state index in [0.29, 0.717) is 23.2 Å².